The molecular formula is C16H18Cl2N2O2S2. The number of sulfonamides is 1. The van der Waals surface area contributed by atoms with Crippen LogP contribution in [-0.4, -0.2) is 38.9 Å². The zero-order valence-corrected chi connectivity index (χ0v) is 16.6. The summed E-state index contributed by atoms with van der Waals surface area (Å²) in [6.07, 6.45) is 0. The Hall–Kier alpha value is -0.790. The average molecular weight is 405 g/mol. The van der Waals surface area contributed by atoms with E-state index in [4.69, 9.17) is 23.2 Å². The van der Waals surface area contributed by atoms with Gasteiger partial charge in [-0.2, -0.15) is 4.31 Å². The first-order valence-electron chi connectivity index (χ1n) is 7.57. The molecule has 1 saturated heterocycles. The number of aryl methyl sites for hydroxylation is 1. The van der Waals surface area contributed by atoms with Gasteiger partial charge in [-0.15, -0.1) is 11.3 Å². The summed E-state index contributed by atoms with van der Waals surface area (Å²) in [5.41, 5.74) is 3.65. The highest BCUT2D eigenvalue weighted by Crippen LogP contribution is 2.36. The first kappa shape index (κ1) is 18.0. The molecule has 0 N–H and O–H groups in total. The minimum atomic E-state index is -3.60. The third-order valence-electron chi connectivity index (χ3n) is 4.40. The van der Waals surface area contributed by atoms with E-state index >= 15 is 0 Å². The van der Waals surface area contributed by atoms with Crippen molar-refractivity contribution in [1.82, 2.24) is 4.31 Å². The highest BCUT2D eigenvalue weighted by molar-refractivity contribution is 7.89. The molecule has 8 heteroatoms. The Bertz CT molecular complexity index is 857. The Morgan fingerprint density at radius 2 is 1.75 bits per heavy atom. The quantitative estimate of drug-likeness (QED) is 0.769. The minimum absolute atomic E-state index is 0.111. The summed E-state index contributed by atoms with van der Waals surface area (Å²) in [6.45, 7) is 6.35. The minimum Gasteiger partial charge on any atom is -0.369 e. The van der Waals surface area contributed by atoms with Crippen molar-refractivity contribution in [1.29, 1.82) is 0 Å². The number of rotatable bonds is 3. The van der Waals surface area contributed by atoms with Crippen LogP contribution in [0.1, 0.15) is 11.1 Å². The number of nitrogens with zero attached hydrogens (tertiary/aromatic N) is 2. The lowest BCUT2D eigenvalue weighted by molar-refractivity contribution is 0.385. The fraction of sp³-hybridized carbons (Fsp3) is 0.375. The second-order valence-corrected chi connectivity index (χ2v) is 9.99. The van der Waals surface area contributed by atoms with E-state index in [2.05, 4.69) is 30.9 Å². The Morgan fingerprint density at radius 1 is 1.08 bits per heavy atom. The summed E-state index contributed by atoms with van der Waals surface area (Å²) in [5.74, 6) is 0. The fourth-order valence-corrected chi connectivity index (χ4v) is 6.42. The van der Waals surface area contributed by atoms with Gasteiger partial charge in [0.1, 0.15) is 9.23 Å². The van der Waals surface area contributed by atoms with E-state index in [9.17, 15) is 8.42 Å². The Balaban J connectivity index is 1.77. The Labute approximate surface area is 156 Å². The second kappa shape index (κ2) is 6.84. The lowest BCUT2D eigenvalue weighted by Crippen LogP contribution is -2.48. The summed E-state index contributed by atoms with van der Waals surface area (Å²) < 4.78 is 27.6. The van der Waals surface area contributed by atoms with E-state index in [0.29, 0.717) is 30.5 Å². The summed E-state index contributed by atoms with van der Waals surface area (Å²) in [7, 11) is -3.60. The van der Waals surface area contributed by atoms with Gasteiger partial charge in [0.05, 0.1) is 4.34 Å². The van der Waals surface area contributed by atoms with Crippen molar-refractivity contribution in [2.75, 3.05) is 31.1 Å². The molecule has 0 spiro atoms. The SMILES string of the molecule is Cc1cccc(N2CCN(S(=O)(=O)c3cc(Cl)sc3Cl)CC2)c1C. The molecule has 1 fully saturated rings. The molecule has 1 aromatic carbocycles. The molecule has 2 aromatic rings. The summed E-state index contributed by atoms with van der Waals surface area (Å²) >= 11 is 13.0. The van der Waals surface area contributed by atoms with E-state index in [0.717, 1.165) is 11.3 Å². The summed E-state index contributed by atoms with van der Waals surface area (Å²) in [5, 5.41) is 0. The zero-order valence-electron chi connectivity index (χ0n) is 13.4. The number of benzene rings is 1. The van der Waals surface area contributed by atoms with E-state index in [1.807, 2.05) is 6.07 Å². The van der Waals surface area contributed by atoms with Crippen LogP contribution in [0.5, 0.6) is 0 Å². The van der Waals surface area contributed by atoms with Crippen LogP contribution < -0.4 is 4.90 Å². The molecule has 0 bridgehead atoms. The maximum Gasteiger partial charge on any atom is 0.245 e. The van der Waals surface area contributed by atoms with Gasteiger partial charge in [-0.05, 0) is 37.1 Å². The first-order chi connectivity index (χ1) is 11.3. The van der Waals surface area contributed by atoms with Gasteiger partial charge in [0.2, 0.25) is 10.0 Å². The third kappa shape index (κ3) is 3.30. The van der Waals surface area contributed by atoms with Crippen LogP contribution in [0.25, 0.3) is 0 Å². The van der Waals surface area contributed by atoms with Crippen molar-refractivity contribution < 1.29 is 8.42 Å². The largest absolute Gasteiger partial charge is 0.369 e. The van der Waals surface area contributed by atoms with Crippen molar-refractivity contribution in [3.63, 3.8) is 0 Å². The van der Waals surface area contributed by atoms with Gasteiger partial charge in [0.25, 0.3) is 0 Å². The van der Waals surface area contributed by atoms with Gasteiger partial charge in [0, 0.05) is 31.9 Å². The molecule has 0 radical (unpaired) electrons. The molecule has 24 heavy (non-hydrogen) atoms. The zero-order chi connectivity index (χ0) is 17.5. The second-order valence-electron chi connectivity index (χ2n) is 5.80. The number of hydrogen-bond donors (Lipinski definition) is 0. The van der Waals surface area contributed by atoms with E-state index < -0.39 is 10.0 Å². The van der Waals surface area contributed by atoms with Crippen LogP contribution in [0.15, 0.2) is 29.2 Å². The highest BCUT2D eigenvalue weighted by atomic mass is 35.5. The molecule has 1 aromatic heterocycles. The van der Waals surface area contributed by atoms with Crippen molar-refractivity contribution in [3.05, 3.63) is 44.1 Å². The molecule has 130 valence electrons. The summed E-state index contributed by atoms with van der Waals surface area (Å²) in [6, 6.07) is 7.64. The van der Waals surface area contributed by atoms with Crippen molar-refractivity contribution in [2.45, 2.75) is 18.7 Å². The van der Waals surface area contributed by atoms with Gasteiger partial charge in [-0.1, -0.05) is 35.3 Å². The van der Waals surface area contributed by atoms with Crippen LogP contribution in [0, 0.1) is 13.8 Å². The molecule has 0 atom stereocenters. The van der Waals surface area contributed by atoms with Gasteiger partial charge < -0.3 is 4.90 Å². The normalized spacial score (nSPS) is 16.6. The molecule has 0 saturated carbocycles. The standard InChI is InChI=1S/C16H18Cl2N2O2S2/c1-11-4-3-5-13(12(11)2)19-6-8-20(9-7-19)24(21,22)14-10-15(17)23-16(14)18/h3-5,10H,6-9H2,1-2H3. The monoisotopic (exact) mass is 404 g/mol. The lowest BCUT2D eigenvalue weighted by Gasteiger charge is -2.36. The molecule has 0 unspecified atom stereocenters. The topological polar surface area (TPSA) is 40.6 Å². The molecule has 2 heterocycles. The maximum atomic E-state index is 12.8. The average Bonchev–Trinajstić information content (AvgIpc) is 2.89. The number of hydrogen-bond acceptors (Lipinski definition) is 4. The van der Waals surface area contributed by atoms with Crippen molar-refractivity contribution >= 4 is 50.2 Å². The third-order valence-corrected chi connectivity index (χ3v) is 8.05. The lowest BCUT2D eigenvalue weighted by atomic mass is 10.1. The number of halogens is 2. The smallest absolute Gasteiger partial charge is 0.245 e. The number of anilines is 1. The molecule has 0 amide bonds. The van der Waals surface area contributed by atoms with E-state index in [1.165, 1.54) is 27.2 Å². The highest BCUT2D eigenvalue weighted by Gasteiger charge is 2.31. The molecule has 4 nitrogen and oxygen atoms in total. The number of thiophene rings is 1. The Kier molecular flexibility index (Phi) is 5.14. The maximum absolute atomic E-state index is 12.8. The van der Waals surface area contributed by atoms with Crippen molar-refractivity contribution in [3.8, 4) is 0 Å². The van der Waals surface area contributed by atoms with Crippen LogP contribution in [0.2, 0.25) is 8.67 Å². The van der Waals surface area contributed by atoms with E-state index in [-0.39, 0.29) is 9.23 Å². The van der Waals surface area contributed by atoms with Gasteiger partial charge >= 0.3 is 0 Å². The van der Waals surface area contributed by atoms with Gasteiger partial charge in [0.15, 0.2) is 0 Å². The molecule has 0 aliphatic carbocycles. The van der Waals surface area contributed by atoms with Crippen LogP contribution in [0.3, 0.4) is 0 Å². The van der Waals surface area contributed by atoms with Crippen LogP contribution in [0.4, 0.5) is 5.69 Å². The predicted molar refractivity (Wildman–Crippen MR) is 101 cm³/mol. The van der Waals surface area contributed by atoms with Crippen LogP contribution >= 0.6 is 34.5 Å². The van der Waals surface area contributed by atoms with Gasteiger partial charge in [-0.3, -0.25) is 0 Å². The number of piperazine rings is 1. The fourth-order valence-electron chi connectivity index (χ4n) is 2.89. The van der Waals surface area contributed by atoms with E-state index in [1.54, 1.807) is 0 Å². The predicted octanol–water partition coefficient (Wildman–Crippen LogP) is 4.18. The van der Waals surface area contributed by atoms with Gasteiger partial charge in [-0.25, -0.2) is 8.42 Å². The first-order valence-corrected chi connectivity index (χ1v) is 10.6. The molecule has 1 aliphatic rings. The van der Waals surface area contributed by atoms with Crippen LogP contribution in [-0.2, 0) is 10.0 Å². The van der Waals surface area contributed by atoms with Crippen molar-refractivity contribution in [2.24, 2.45) is 0 Å². The molecule has 1 aliphatic heterocycles. The molecular weight excluding hydrogens is 387 g/mol. The molecule has 3 rings (SSSR count). The Morgan fingerprint density at radius 3 is 2.33 bits per heavy atom. The summed E-state index contributed by atoms with van der Waals surface area (Å²) in [4.78, 5) is 2.34.